The molecular weight excluding hydrogens is 232 g/mol. The third-order valence-corrected chi connectivity index (χ3v) is 4.65. The highest BCUT2D eigenvalue weighted by atomic mass is 32.2. The summed E-state index contributed by atoms with van der Waals surface area (Å²) in [4.78, 5) is 8.65. The van der Waals surface area contributed by atoms with Crippen LogP contribution in [-0.4, -0.2) is 39.7 Å². The molecule has 2 unspecified atom stereocenters. The number of fused-ring (bicyclic) bond motifs is 2. The van der Waals surface area contributed by atoms with Gasteiger partial charge in [-0.05, 0) is 37.0 Å². The van der Waals surface area contributed by atoms with Gasteiger partial charge in [0.2, 0.25) is 5.95 Å². The summed E-state index contributed by atoms with van der Waals surface area (Å²) in [5, 5.41) is 3.49. The van der Waals surface area contributed by atoms with Gasteiger partial charge in [-0.3, -0.25) is 4.31 Å². The van der Waals surface area contributed by atoms with Crippen LogP contribution in [0.15, 0.2) is 12.4 Å². The topological polar surface area (TPSA) is 41.0 Å². The lowest BCUT2D eigenvalue weighted by molar-refractivity contribution is 0.0625. The summed E-state index contributed by atoms with van der Waals surface area (Å²) < 4.78 is 2.47. The van der Waals surface area contributed by atoms with Crippen LogP contribution in [0.3, 0.4) is 0 Å². The lowest BCUT2D eigenvalue weighted by Gasteiger charge is -2.53. The first-order chi connectivity index (χ1) is 8.26. The van der Waals surface area contributed by atoms with Crippen LogP contribution in [0.5, 0.6) is 0 Å². The largest absolute Gasteiger partial charge is 0.351 e. The Bertz CT molecular complexity index is 382. The van der Waals surface area contributed by atoms with Crippen LogP contribution in [0, 0.1) is 18.8 Å². The monoisotopic (exact) mass is 250 g/mol. The zero-order chi connectivity index (χ0) is 11.8. The van der Waals surface area contributed by atoms with Gasteiger partial charge < -0.3 is 5.32 Å². The Morgan fingerprint density at radius 1 is 1.29 bits per heavy atom. The molecule has 3 aliphatic rings. The molecule has 0 spiro atoms. The third-order valence-electron chi connectivity index (χ3n) is 3.83. The highest BCUT2D eigenvalue weighted by molar-refractivity contribution is 7.96. The Morgan fingerprint density at radius 3 is 2.53 bits per heavy atom. The van der Waals surface area contributed by atoms with E-state index in [0.29, 0.717) is 6.04 Å². The average Bonchev–Trinajstić information content (AvgIpc) is 2.38. The molecule has 2 saturated heterocycles. The lowest BCUT2D eigenvalue weighted by Crippen LogP contribution is -2.59. The van der Waals surface area contributed by atoms with Crippen molar-refractivity contribution < 1.29 is 0 Å². The second kappa shape index (κ2) is 4.46. The second-order valence-corrected chi connectivity index (χ2v) is 5.92. The van der Waals surface area contributed by atoms with Crippen LogP contribution in [0.4, 0.5) is 5.95 Å². The fourth-order valence-electron chi connectivity index (χ4n) is 2.85. The van der Waals surface area contributed by atoms with Gasteiger partial charge in [0.15, 0.2) is 0 Å². The van der Waals surface area contributed by atoms with E-state index in [-0.39, 0.29) is 0 Å². The van der Waals surface area contributed by atoms with E-state index in [9.17, 15) is 0 Å². The van der Waals surface area contributed by atoms with E-state index in [2.05, 4.69) is 25.8 Å². The molecule has 0 radical (unpaired) electrons. The quantitative estimate of drug-likeness (QED) is 0.828. The smallest absolute Gasteiger partial charge is 0.222 e. The highest BCUT2D eigenvalue weighted by Crippen LogP contribution is 2.42. The first-order valence-electron chi connectivity index (χ1n) is 6.10. The van der Waals surface area contributed by atoms with E-state index in [1.165, 1.54) is 19.5 Å². The maximum atomic E-state index is 4.33. The molecule has 2 atom stereocenters. The van der Waals surface area contributed by atoms with Gasteiger partial charge >= 0.3 is 0 Å². The number of nitrogens with one attached hydrogen (secondary N) is 1. The first kappa shape index (κ1) is 11.3. The minimum Gasteiger partial charge on any atom is -0.351 e. The van der Waals surface area contributed by atoms with Crippen molar-refractivity contribution in [2.24, 2.45) is 11.8 Å². The van der Waals surface area contributed by atoms with Crippen molar-refractivity contribution in [3.63, 3.8) is 0 Å². The predicted molar refractivity (Wildman–Crippen MR) is 70.9 cm³/mol. The van der Waals surface area contributed by atoms with E-state index in [4.69, 9.17) is 0 Å². The van der Waals surface area contributed by atoms with Gasteiger partial charge in [-0.15, -0.1) is 0 Å². The Balaban J connectivity index is 1.63. The zero-order valence-electron chi connectivity index (χ0n) is 10.3. The maximum absolute atomic E-state index is 4.33. The minimum atomic E-state index is 0.584. The number of aryl methyl sites for hydroxylation is 1. The minimum absolute atomic E-state index is 0.584. The second-order valence-electron chi connectivity index (χ2n) is 5.04. The van der Waals surface area contributed by atoms with Gasteiger partial charge in [0.1, 0.15) is 0 Å². The molecule has 4 nitrogen and oxygen atoms in total. The number of anilines is 1. The summed E-state index contributed by atoms with van der Waals surface area (Å²) >= 11 is 1.86. The molecule has 0 amide bonds. The summed E-state index contributed by atoms with van der Waals surface area (Å²) in [6.45, 7) is 4.40. The van der Waals surface area contributed by atoms with E-state index < -0.39 is 0 Å². The Labute approximate surface area is 106 Å². The fraction of sp³-hybridized carbons (Fsp3) is 0.667. The summed E-state index contributed by atoms with van der Waals surface area (Å²) in [5.41, 5.74) is 1.11. The Morgan fingerprint density at radius 2 is 1.94 bits per heavy atom. The number of hydrogen-bond acceptors (Lipinski definition) is 5. The van der Waals surface area contributed by atoms with Gasteiger partial charge in [0.25, 0.3) is 0 Å². The van der Waals surface area contributed by atoms with Gasteiger partial charge in [0, 0.05) is 31.5 Å². The van der Waals surface area contributed by atoms with E-state index in [1.807, 2.05) is 31.3 Å². The maximum Gasteiger partial charge on any atom is 0.222 e. The Hall–Kier alpha value is -0.810. The van der Waals surface area contributed by atoms with Gasteiger partial charge in [0.05, 0.1) is 0 Å². The molecule has 5 heteroatoms. The van der Waals surface area contributed by atoms with Crippen LogP contribution < -0.4 is 5.32 Å². The molecule has 4 rings (SSSR count). The fourth-order valence-corrected chi connectivity index (χ4v) is 3.53. The molecule has 2 bridgehead atoms. The van der Waals surface area contributed by atoms with Crippen LogP contribution in [0.2, 0.25) is 0 Å². The third kappa shape index (κ3) is 2.13. The van der Waals surface area contributed by atoms with Crippen molar-refractivity contribution in [1.82, 2.24) is 14.3 Å². The average molecular weight is 250 g/mol. The molecule has 0 aromatic carbocycles. The number of piperidine rings is 2. The predicted octanol–water partition coefficient (Wildman–Crippen LogP) is 1.80. The van der Waals surface area contributed by atoms with E-state index in [1.54, 1.807) is 0 Å². The molecule has 17 heavy (non-hydrogen) atoms. The van der Waals surface area contributed by atoms with Gasteiger partial charge in [-0.2, -0.15) is 0 Å². The molecule has 3 fully saturated rings. The normalized spacial score (nSPS) is 32.0. The van der Waals surface area contributed by atoms with Crippen molar-refractivity contribution >= 4 is 17.9 Å². The van der Waals surface area contributed by atoms with Crippen LogP contribution in [0.1, 0.15) is 12.0 Å². The molecule has 1 aromatic rings. The SMILES string of the molecule is CSN1CC2CC(C1)C2Nc1ncc(C)cn1. The molecule has 3 heterocycles. The molecule has 2 aliphatic heterocycles. The van der Waals surface area contributed by atoms with Crippen LogP contribution in [-0.2, 0) is 0 Å². The standard InChI is InChI=1S/C12H18N4S/c1-8-4-13-12(14-5-8)15-11-9-3-10(11)7-16(6-9)17-2/h4-5,9-11H,3,6-7H2,1-2H3,(H,13,14,15). The van der Waals surface area contributed by atoms with Crippen molar-refractivity contribution in [1.29, 1.82) is 0 Å². The Kier molecular flexibility index (Phi) is 2.96. The summed E-state index contributed by atoms with van der Waals surface area (Å²) in [6, 6.07) is 0.584. The molecular formula is C12H18N4S. The number of hydrogen-bond donors (Lipinski definition) is 1. The number of rotatable bonds is 3. The first-order valence-corrected chi connectivity index (χ1v) is 7.28. The van der Waals surface area contributed by atoms with Gasteiger partial charge in [-0.1, -0.05) is 11.9 Å². The summed E-state index contributed by atoms with van der Waals surface area (Å²) in [5.74, 6) is 2.32. The summed E-state index contributed by atoms with van der Waals surface area (Å²) in [7, 11) is 0. The highest BCUT2D eigenvalue weighted by Gasteiger charge is 2.46. The lowest BCUT2D eigenvalue weighted by atomic mass is 9.67. The number of aromatic nitrogens is 2. The van der Waals surface area contributed by atoms with Crippen LogP contribution >= 0.6 is 11.9 Å². The van der Waals surface area contributed by atoms with Crippen molar-refractivity contribution in [2.45, 2.75) is 19.4 Å². The molecule has 1 aliphatic carbocycles. The van der Waals surface area contributed by atoms with E-state index >= 15 is 0 Å². The van der Waals surface area contributed by atoms with Crippen molar-refractivity contribution in [3.05, 3.63) is 18.0 Å². The van der Waals surface area contributed by atoms with E-state index in [0.717, 1.165) is 23.3 Å². The molecule has 92 valence electrons. The van der Waals surface area contributed by atoms with Crippen molar-refractivity contribution in [2.75, 3.05) is 24.7 Å². The summed E-state index contributed by atoms with van der Waals surface area (Å²) in [6.07, 6.45) is 7.27. The zero-order valence-corrected chi connectivity index (χ0v) is 11.1. The molecule has 1 N–H and O–H groups in total. The van der Waals surface area contributed by atoms with Gasteiger partial charge in [-0.25, -0.2) is 9.97 Å². The van der Waals surface area contributed by atoms with Crippen LogP contribution in [0.25, 0.3) is 0 Å². The molecule has 1 aromatic heterocycles. The number of nitrogens with zero attached hydrogens (tertiary/aromatic N) is 3. The van der Waals surface area contributed by atoms with Crippen molar-refractivity contribution in [3.8, 4) is 0 Å². The molecule has 1 saturated carbocycles.